The topological polar surface area (TPSA) is 92.2 Å². The number of rotatable bonds is 5. The SMILES string of the molecule is Cc1cc(Nc2ncnc3sc4c(c23)CCNCC4)ccc1Oc1ccc(CO)nc1. The van der Waals surface area contributed by atoms with Crippen LogP contribution in [-0.2, 0) is 19.4 Å². The molecular formula is C23H23N5O2S. The molecule has 4 heterocycles. The van der Waals surface area contributed by atoms with Gasteiger partial charge in [-0.25, -0.2) is 9.97 Å². The maximum absolute atomic E-state index is 9.12. The lowest BCUT2D eigenvalue weighted by atomic mass is 10.1. The van der Waals surface area contributed by atoms with E-state index in [1.54, 1.807) is 36.0 Å². The first-order valence-electron chi connectivity index (χ1n) is 10.3. The first-order valence-corrected chi connectivity index (χ1v) is 11.1. The maximum Gasteiger partial charge on any atom is 0.145 e. The highest BCUT2D eigenvalue weighted by molar-refractivity contribution is 7.19. The van der Waals surface area contributed by atoms with Crippen LogP contribution < -0.4 is 15.4 Å². The van der Waals surface area contributed by atoms with Crippen LogP contribution in [0, 0.1) is 6.92 Å². The lowest BCUT2D eigenvalue weighted by Crippen LogP contribution is -2.16. The fraction of sp³-hybridized carbons (Fsp3) is 0.261. The predicted molar refractivity (Wildman–Crippen MR) is 122 cm³/mol. The first-order chi connectivity index (χ1) is 15.2. The van der Waals surface area contributed by atoms with Crippen molar-refractivity contribution >= 4 is 33.1 Å². The van der Waals surface area contributed by atoms with Crippen LogP contribution in [0.5, 0.6) is 11.5 Å². The van der Waals surface area contributed by atoms with Crippen LogP contribution in [0.4, 0.5) is 11.5 Å². The summed E-state index contributed by atoms with van der Waals surface area (Å²) in [5, 5.41) is 17.2. The molecule has 7 nitrogen and oxygen atoms in total. The molecule has 0 radical (unpaired) electrons. The van der Waals surface area contributed by atoms with E-state index >= 15 is 0 Å². The molecule has 31 heavy (non-hydrogen) atoms. The second kappa shape index (κ2) is 8.58. The van der Waals surface area contributed by atoms with Gasteiger partial charge in [0.2, 0.25) is 0 Å². The molecule has 158 valence electrons. The number of aryl methyl sites for hydroxylation is 1. The molecule has 0 fully saturated rings. The Balaban J connectivity index is 1.41. The zero-order chi connectivity index (χ0) is 21.2. The summed E-state index contributed by atoms with van der Waals surface area (Å²) in [4.78, 5) is 15.7. The van der Waals surface area contributed by atoms with Crippen LogP contribution in [0.3, 0.4) is 0 Å². The molecule has 0 amide bonds. The summed E-state index contributed by atoms with van der Waals surface area (Å²) in [6.07, 6.45) is 5.28. The number of anilines is 2. The summed E-state index contributed by atoms with van der Waals surface area (Å²) in [6.45, 7) is 3.91. The minimum Gasteiger partial charge on any atom is -0.455 e. The summed E-state index contributed by atoms with van der Waals surface area (Å²) < 4.78 is 5.96. The van der Waals surface area contributed by atoms with E-state index in [9.17, 15) is 0 Å². The van der Waals surface area contributed by atoms with E-state index in [2.05, 4.69) is 25.6 Å². The third-order valence-corrected chi connectivity index (χ3v) is 6.58. The quantitative estimate of drug-likeness (QED) is 0.436. The molecule has 4 aromatic rings. The van der Waals surface area contributed by atoms with Gasteiger partial charge in [0.1, 0.15) is 28.5 Å². The number of benzene rings is 1. The van der Waals surface area contributed by atoms with Crippen molar-refractivity contribution in [3.05, 3.63) is 64.6 Å². The summed E-state index contributed by atoms with van der Waals surface area (Å²) in [5.41, 5.74) is 3.92. The molecule has 8 heteroatoms. The number of hydrogen-bond donors (Lipinski definition) is 3. The third kappa shape index (κ3) is 4.10. The number of pyridine rings is 1. The first kappa shape index (κ1) is 19.9. The Morgan fingerprint density at radius 1 is 1.13 bits per heavy atom. The summed E-state index contributed by atoms with van der Waals surface area (Å²) in [6, 6.07) is 9.52. The van der Waals surface area contributed by atoms with Crippen molar-refractivity contribution in [3.63, 3.8) is 0 Å². The Hall–Kier alpha value is -3.07. The molecule has 0 unspecified atom stereocenters. The number of fused-ring (bicyclic) bond motifs is 3. The van der Waals surface area contributed by atoms with E-state index in [0.29, 0.717) is 11.4 Å². The van der Waals surface area contributed by atoms with Gasteiger partial charge in [-0.15, -0.1) is 11.3 Å². The highest BCUT2D eigenvalue weighted by Crippen LogP contribution is 2.37. The van der Waals surface area contributed by atoms with Crippen LogP contribution in [0.25, 0.3) is 10.2 Å². The summed E-state index contributed by atoms with van der Waals surface area (Å²) in [7, 11) is 0. The van der Waals surface area contributed by atoms with Gasteiger partial charge in [0, 0.05) is 10.6 Å². The van der Waals surface area contributed by atoms with Crippen molar-refractivity contribution in [2.75, 3.05) is 18.4 Å². The van der Waals surface area contributed by atoms with Crippen molar-refractivity contribution in [2.24, 2.45) is 0 Å². The molecule has 1 aliphatic rings. The number of ether oxygens (including phenoxy) is 1. The third-order valence-electron chi connectivity index (χ3n) is 5.38. The molecule has 5 rings (SSSR count). The van der Waals surface area contributed by atoms with E-state index in [0.717, 1.165) is 59.0 Å². The zero-order valence-corrected chi connectivity index (χ0v) is 18.0. The van der Waals surface area contributed by atoms with Gasteiger partial charge in [0.05, 0.1) is 23.9 Å². The predicted octanol–water partition coefficient (Wildman–Crippen LogP) is 4.11. The minimum atomic E-state index is -0.0835. The Kier molecular flexibility index (Phi) is 5.50. The molecule has 0 saturated carbocycles. The standard InChI is InChI=1S/C23H23N5O2S/c1-14-10-15(3-5-19(14)30-17-4-2-16(12-29)25-11-17)28-22-21-18-6-8-24-9-7-20(18)31-23(21)27-13-26-22/h2-5,10-11,13,24,29H,6-9,12H2,1H3,(H,26,27,28). The Labute approximate surface area is 184 Å². The number of thiophene rings is 1. The normalized spacial score (nSPS) is 13.6. The van der Waals surface area contributed by atoms with Gasteiger partial charge < -0.3 is 20.5 Å². The average molecular weight is 434 g/mol. The van der Waals surface area contributed by atoms with Gasteiger partial charge in [0.25, 0.3) is 0 Å². The molecule has 1 aromatic carbocycles. The second-order valence-corrected chi connectivity index (χ2v) is 8.59. The molecule has 3 N–H and O–H groups in total. The van der Waals surface area contributed by atoms with Crippen molar-refractivity contribution in [1.29, 1.82) is 0 Å². The van der Waals surface area contributed by atoms with E-state index in [4.69, 9.17) is 9.84 Å². The van der Waals surface area contributed by atoms with E-state index < -0.39 is 0 Å². The van der Waals surface area contributed by atoms with Crippen molar-refractivity contribution in [1.82, 2.24) is 20.3 Å². The number of nitrogens with zero attached hydrogens (tertiary/aromatic N) is 3. The van der Waals surface area contributed by atoms with E-state index in [-0.39, 0.29) is 6.61 Å². The highest BCUT2D eigenvalue weighted by Gasteiger charge is 2.19. The summed E-state index contributed by atoms with van der Waals surface area (Å²) >= 11 is 1.77. The number of aliphatic hydroxyl groups excluding tert-OH is 1. The van der Waals surface area contributed by atoms with Crippen molar-refractivity contribution < 1.29 is 9.84 Å². The molecule has 0 spiro atoms. The fourth-order valence-corrected chi connectivity index (χ4v) is 4.99. The molecular weight excluding hydrogens is 410 g/mol. The fourth-order valence-electron chi connectivity index (χ4n) is 3.81. The molecule has 3 aromatic heterocycles. The molecule has 0 atom stereocenters. The molecule has 1 aliphatic heterocycles. The largest absolute Gasteiger partial charge is 0.455 e. The number of nitrogens with one attached hydrogen (secondary N) is 2. The summed E-state index contributed by atoms with van der Waals surface area (Å²) in [5.74, 6) is 2.24. The number of hydrogen-bond acceptors (Lipinski definition) is 8. The smallest absolute Gasteiger partial charge is 0.145 e. The lowest BCUT2D eigenvalue weighted by molar-refractivity contribution is 0.276. The van der Waals surface area contributed by atoms with Crippen molar-refractivity contribution in [2.45, 2.75) is 26.4 Å². The zero-order valence-electron chi connectivity index (χ0n) is 17.2. The number of aromatic nitrogens is 3. The molecule has 0 aliphatic carbocycles. The van der Waals surface area contributed by atoms with Crippen LogP contribution in [-0.4, -0.2) is 33.1 Å². The van der Waals surface area contributed by atoms with E-state index in [1.165, 1.54) is 10.4 Å². The highest BCUT2D eigenvalue weighted by atomic mass is 32.1. The van der Waals surface area contributed by atoms with Crippen LogP contribution in [0.2, 0.25) is 0 Å². The lowest BCUT2D eigenvalue weighted by Gasteiger charge is -2.12. The minimum absolute atomic E-state index is 0.0835. The van der Waals surface area contributed by atoms with E-state index in [1.807, 2.05) is 25.1 Å². The Bertz CT molecular complexity index is 1220. The molecule has 0 saturated heterocycles. The Morgan fingerprint density at radius 2 is 2.03 bits per heavy atom. The van der Waals surface area contributed by atoms with Gasteiger partial charge in [0.15, 0.2) is 0 Å². The second-order valence-electron chi connectivity index (χ2n) is 7.51. The van der Waals surface area contributed by atoms with Crippen molar-refractivity contribution in [3.8, 4) is 11.5 Å². The maximum atomic E-state index is 9.12. The number of aliphatic hydroxyl groups is 1. The van der Waals surface area contributed by atoms with Gasteiger partial charge in [-0.2, -0.15) is 0 Å². The van der Waals surface area contributed by atoms with Gasteiger partial charge in [-0.05, 0) is 74.3 Å². The van der Waals surface area contributed by atoms with Gasteiger partial charge in [-0.1, -0.05) is 0 Å². The van der Waals surface area contributed by atoms with Crippen LogP contribution in [0.15, 0.2) is 42.9 Å². The van der Waals surface area contributed by atoms with Crippen LogP contribution >= 0.6 is 11.3 Å². The Morgan fingerprint density at radius 3 is 2.84 bits per heavy atom. The van der Waals surface area contributed by atoms with Crippen LogP contribution in [0.1, 0.15) is 21.7 Å². The van der Waals surface area contributed by atoms with Gasteiger partial charge >= 0.3 is 0 Å². The molecule has 0 bridgehead atoms. The average Bonchev–Trinajstić information content (AvgIpc) is 2.98. The van der Waals surface area contributed by atoms with Gasteiger partial charge in [-0.3, -0.25) is 4.98 Å². The monoisotopic (exact) mass is 433 g/mol.